The lowest BCUT2D eigenvalue weighted by Crippen LogP contribution is -2.42. The predicted octanol–water partition coefficient (Wildman–Crippen LogP) is 1.15. The third-order valence-electron chi connectivity index (χ3n) is 4.57. The number of aryl methyl sites for hydroxylation is 1. The Balaban J connectivity index is 1.32. The molecule has 2 aliphatic rings. The molecule has 4 heterocycles. The van der Waals surface area contributed by atoms with E-state index in [2.05, 4.69) is 15.1 Å². The van der Waals surface area contributed by atoms with Gasteiger partial charge in [-0.15, -0.1) is 0 Å². The Morgan fingerprint density at radius 1 is 1.23 bits per heavy atom. The highest BCUT2D eigenvalue weighted by atomic mass is 16.5. The third kappa shape index (κ3) is 3.42. The number of methoxy groups -OCH3 is 1. The van der Waals surface area contributed by atoms with Crippen LogP contribution in [0.25, 0.3) is 0 Å². The molecule has 2 aromatic rings. The summed E-state index contributed by atoms with van der Waals surface area (Å²) in [6, 6.07) is 2.06. The minimum absolute atomic E-state index is 0.00835. The van der Waals surface area contributed by atoms with Crippen molar-refractivity contribution >= 4 is 5.91 Å². The summed E-state index contributed by atoms with van der Waals surface area (Å²) in [6.45, 7) is 2.70. The van der Waals surface area contributed by atoms with Gasteiger partial charge in [0, 0.05) is 45.0 Å². The van der Waals surface area contributed by atoms with Crippen molar-refractivity contribution in [2.45, 2.75) is 31.9 Å². The molecule has 1 amide bonds. The quantitative estimate of drug-likeness (QED) is 0.808. The monoisotopic (exact) mass is 359 g/mol. The number of amides is 1. The summed E-state index contributed by atoms with van der Waals surface area (Å²) in [5.41, 5.74) is 0.444. The molecule has 1 saturated heterocycles. The zero-order valence-corrected chi connectivity index (χ0v) is 14.6. The van der Waals surface area contributed by atoms with Crippen molar-refractivity contribution in [1.82, 2.24) is 24.6 Å². The molecule has 0 aliphatic carbocycles. The van der Waals surface area contributed by atoms with Gasteiger partial charge < -0.3 is 19.1 Å². The number of rotatable bonds is 4. The number of hydrogen-bond acceptors (Lipinski definition) is 7. The first-order valence-corrected chi connectivity index (χ1v) is 8.75. The van der Waals surface area contributed by atoms with Gasteiger partial charge in [-0.05, 0) is 0 Å². The summed E-state index contributed by atoms with van der Waals surface area (Å²) in [5.74, 6) is 1.20. The summed E-state index contributed by atoms with van der Waals surface area (Å²) >= 11 is 0. The van der Waals surface area contributed by atoms with E-state index in [1.807, 2.05) is 4.90 Å². The van der Waals surface area contributed by atoms with E-state index in [9.17, 15) is 4.79 Å². The Bertz CT molecular complexity index is 744. The molecule has 0 saturated carbocycles. The summed E-state index contributed by atoms with van der Waals surface area (Å²) in [4.78, 5) is 22.7. The number of carbonyl (C=O) groups excluding carboxylic acids is 1. The molecule has 26 heavy (non-hydrogen) atoms. The van der Waals surface area contributed by atoms with Crippen molar-refractivity contribution in [2.75, 3.05) is 26.8 Å². The minimum Gasteiger partial charge on any atom is -0.494 e. The summed E-state index contributed by atoms with van der Waals surface area (Å²) in [5, 5.41) is 4.37. The lowest BCUT2D eigenvalue weighted by Gasteiger charge is -2.31. The van der Waals surface area contributed by atoms with E-state index < -0.39 is 0 Å². The number of ether oxygens (including phenoxy) is 3. The molecule has 1 fully saturated rings. The van der Waals surface area contributed by atoms with Crippen LogP contribution in [0.1, 0.15) is 29.8 Å². The second-order valence-corrected chi connectivity index (χ2v) is 6.31. The second kappa shape index (κ2) is 7.19. The van der Waals surface area contributed by atoms with Crippen LogP contribution in [0, 0.1) is 0 Å². The molecule has 0 aromatic carbocycles. The van der Waals surface area contributed by atoms with Gasteiger partial charge in [-0.25, -0.2) is 4.68 Å². The zero-order chi connectivity index (χ0) is 17.9. The first-order valence-electron chi connectivity index (χ1n) is 8.75. The highest BCUT2D eigenvalue weighted by molar-refractivity contribution is 5.92. The molecule has 2 aliphatic heterocycles. The van der Waals surface area contributed by atoms with E-state index in [1.165, 1.54) is 0 Å². The maximum atomic E-state index is 12.7. The van der Waals surface area contributed by atoms with Crippen LogP contribution in [0.4, 0.5) is 0 Å². The van der Waals surface area contributed by atoms with E-state index in [0.717, 1.165) is 25.8 Å². The Morgan fingerprint density at radius 3 is 2.69 bits per heavy atom. The van der Waals surface area contributed by atoms with Crippen molar-refractivity contribution < 1.29 is 19.0 Å². The molecule has 0 N–H and O–H groups in total. The molecule has 9 heteroatoms. The van der Waals surface area contributed by atoms with Gasteiger partial charge in [0.1, 0.15) is 6.10 Å². The lowest BCUT2D eigenvalue weighted by molar-refractivity contribution is 0.0572. The van der Waals surface area contributed by atoms with Gasteiger partial charge in [-0.3, -0.25) is 4.79 Å². The SMILES string of the molecule is COc1cnc(OC2CCN(C(=O)c3cc4n(n3)CCCO4)CC2)nc1. The van der Waals surface area contributed by atoms with E-state index in [4.69, 9.17) is 14.2 Å². The van der Waals surface area contributed by atoms with E-state index in [1.54, 1.807) is 30.3 Å². The van der Waals surface area contributed by atoms with Crippen molar-refractivity contribution in [3.8, 4) is 17.6 Å². The summed E-state index contributed by atoms with van der Waals surface area (Å²) in [6.07, 6.45) is 5.51. The fourth-order valence-electron chi connectivity index (χ4n) is 3.13. The maximum absolute atomic E-state index is 12.7. The zero-order valence-electron chi connectivity index (χ0n) is 14.6. The van der Waals surface area contributed by atoms with Gasteiger partial charge in [0.15, 0.2) is 11.4 Å². The average molecular weight is 359 g/mol. The largest absolute Gasteiger partial charge is 0.494 e. The topological polar surface area (TPSA) is 91.6 Å². The van der Waals surface area contributed by atoms with Crippen LogP contribution in [-0.4, -0.2) is 63.5 Å². The molecule has 0 atom stereocenters. The fourth-order valence-corrected chi connectivity index (χ4v) is 3.13. The van der Waals surface area contributed by atoms with Crippen molar-refractivity contribution in [3.63, 3.8) is 0 Å². The molecule has 4 rings (SSSR count). The highest BCUT2D eigenvalue weighted by Gasteiger charge is 2.28. The van der Waals surface area contributed by atoms with Crippen molar-refractivity contribution in [1.29, 1.82) is 0 Å². The van der Waals surface area contributed by atoms with Gasteiger partial charge in [-0.1, -0.05) is 0 Å². The van der Waals surface area contributed by atoms with Crippen LogP contribution < -0.4 is 14.2 Å². The van der Waals surface area contributed by atoms with Crippen LogP contribution in [-0.2, 0) is 6.54 Å². The van der Waals surface area contributed by atoms with Crippen molar-refractivity contribution in [3.05, 3.63) is 24.2 Å². The van der Waals surface area contributed by atoms with Gasteiger partial charge in [0.05, 0.1) is 26.1 Å². The smallest absolute Gasteiger partial charge is 0.316 e. The number of aromatic nitrogens is 4. The van der Waals surface area contributed by atoms with Crippen LogP contribution in [0.15, 0.2) is 18.5 Å². The predicted molar refractivity (Wildman–Crippen MR) is 90.5 cm³/mol. The first-order chi connectivity index (χ1) is 12.7. The van der Waals surface area contributed by atoms with E-state index in [0.29, 0.717) is 43.0 Å². The highest BCUT2D eigenvalue weighted by Crippen LogP contribution is 2.22. The molecule has 0 spiro atoms. The summed E-state index contributed by atoms with van der Waals surface area (Å²) < 4.78 is 18.1. The number of likely N-dealkylation sites (tertiary alicyclic amines) is 1. The molecule has 138 valence electrons. The van der Waals surface area contributed by atoms with E-state index >= 15 is 0 Å². The fraction of sp³-hybridized carbons (Fsp3) is 0.529. The van der Waals surface area contributed by atoms with Crippen molar-refractivity contribution in [2.24, 2.45) is 0 Å². The van der Waals surface area contributed by atoms with Crippen LogP contribution >= 0.6 is 0 Å². The van der Waals surface area contributed by atoms with Crippen LogP contribution in [0.5, 0.6) is 17.6 Å². The lowest BCUT2D eigenvalue weighted by atomic mass is 10.1. The molecule has 0 radical (unpaired) electrons. The molecule has 0 unspecified atom stereocenters. The van der Waals surface area contributed by atoms with Crippen LogP contribution in [0.3, 0.4) is 0 Å². The van der Waals surface area contributed by atoms with Gasteiger partial charge >= 0.3 is 6.01 Å². The molecule has 0 bridgehead atoms. The summed E-state index contributed by atoms with van der Waals surface area (Å²) in [7, 11) is 1.56. The second-order valence-electron chi connectivity index (χ2n) is 6.31. The normalized spacial score (nSPS) is 17.3. The number of hydrogen-bond donors (Lipinski definition) is 0. The number of fused-ring (bicyclic) bond motifs is 1. The molecule has 9 nitrogen and oxygen atoms in total. The Labute approximate surface area is 150 Å². The third-order valence-corrected chi connectivity index (χ3v) is 4.57. The molecular formula is C17H21N5O4. The van der Waals surface area contributed by atoms with Crippen LogP contribution in [0.2, 0.25) is 0 Å². The van der Waals surface area contributed by atoms with E-state index in [-0.39, 0.29) is 12.0 Å². The minimum atomic E-state index is -0.0605. The average Bonchev–Trinajstić information content (AvgIpc) is 3.13. The Morgan fingerprint density at radius 2 is 2.00 bits per heavy atom. The number of piperidine rings is 1. The maximum Gasteiger partial charge on any atom is 0.316 e. The Hall–Kier alpha value is -2.84. The number of nitrogens with zero attached hydrogens (tertiary/aromatic N) is 5. The van der Waals surface area contributed by atoms with Gasteiger partial charge in [-0.2, -0.15) is 15.1 Å². The van der Waals surface area contributed by atoms with Gasteiger partial charge in [0.2, 0.25) is 5.88 Å². The van der Waals surface area contributed by atoms with Gasteiger partial charge in [0.25, 0.3) is 5.91 Å². The molecule has 2 aromatic heterocycles. The Kier molecular flexibility index (Phi) is 4.59. The first kappa shape index (κ1) is 16.6. The number of carbonyl (C=O) groups is 1. The molecular weight excluding hydrogens is 338 g/mol. The standard InChI is InChI=1S/C17H21N5O4/c1-24-13-10-18-17(19-11-13)26-12-3-6-21(7-4-12)16(23)14-9-15-22(20-14)5-2-8-25-15/h9-12H,2-8H2,1H3.